The molecule has 1 amide bonds. The van der Waals surface area contributed by atoms with Crippen LogP contribution in [-0.4, -0.2) is 36.7 Å². The number of anilines is 1. The zero-order valence-electron chi connectivity index (χ0n) is 9.34. The highest BCUT2D eigenvalue weighted by Crippen LogP contribution is 2.06. The summed E-state index contributed by atoms with van der Waals surface area (Å²) in [5.41, 5.74) is 6.28. The van der Waals surface area contributed by atoms with Crippen LogP contribution in [0.5, 0.6) is 0 Å². The smallest absolute Gasteiger partial charge is 0.328 e. The lowest BCUT2D eigenvalue weighted by Gasteiger charge is -2.13. The van der Waals surface area contributed by atoms with Crippen molar-refractivity contribution in [3.63, 3.8) is 0 Å². The zero-order chi connectivity index (χ0) is 12.8. The minimum Gasteiger partial charge on any atom is -0.480 e. The van der Waals surface area contributed by atoms with Crippen molar-refractivity contribution in [1.29, 1.82) is 0 Å². The van der Waals surface area contributed by atoms with Crippen LogP contribution in [-0.2, 0) is 9.53 Å². The van der Waals surface area contributed by atoms with Gasteiger partial charge in [0.15, 0.2) is 6.04 Å². The Kier molecular flexibility index (Phi) is 4.47. The van der Waals surface area contributed by atoms with E-state index in [1.807, 2.05) is 0 Å². The fraction of sp³-hybridized carbons (Fsp3) is 0.273. The first kappa shape index (κ1) is 13.0. The average molecular weight is 238 g/mol. The van der Waals surface area contributed by atoms with Gasteiger partial charge in [-0.2, -0.15) is 0 Å². The van der Waals surface area contributed by atoms with Gasteiger partial charge in [0, 0.05) is 18.4 Å². The molecule has 0 fully saturated rings. The van der Waals surface area contributed by atoms with Crippen LogP contribution in [0.2, 0.25) is 0 Å². The lowest BCUT2D eigenvalue weighted by molar-refractivity contribution is -0.140. The fourth-order valence-corrected chi connectivity index (χ4v) is 1.26. The van der Waals surface area contributed by atoms with Gasteiger partial charge in [-0.3, -0.25) is 4.79 Å². The number of hydrogen-bond acceptors (Lipinski definition) is 4. The van der Waals surface area contributed by atoms with E-state index in [4.69, 9.17) is 15.6 Å². The maximum absolute atomic E-state index is 11.7. The first-order chi connectivity index (χ1) is 8.04. The molecule has 0 aliphatic rings. The Morgan fingerprint density at radius 3 is 2.76 bits per heavy atom. The van der Waals surface area contributed by atoms with Gasteiger partial charge in [-0.15, -0.1) is 0 Å². The van der Waals surface area contributed by atoms with Crippen molar-refractivity contribution in [1.82, 2.24) is 5.32 Å². The van der Waals surface area contributed by atoms with E-state index >= 15 is 0 Å². The fourth-order valence-electron chi connectivity index (χ4n) is 1.26. The molecule has 6 nitrogen and oxygen atoms in total. The third kappa shape index (κ3) is 3.76. The summed E-state index contributed by atoms with van der Waals surface area (Å²) in [6.45, 7) is -0.0939. The maximum atomic E-state index is 11.7. The molecule has 1 atom stereocenters. The monoisotopic (exact) mass is 238 g/mol. The molecule has 0 bridgehead atoms. The molecular formula is C11H14N2O4. The number of carboxylic acid groups (broad SMARTS) is 1. The molecule has 0 spiro atoms. The number of methoxy groups -OCH3 is 1. The lowest BCUT2D eigenvalue weighted by atomic mass is 10.2. The van der Waals surface area contributed by atoms with Crippen molar-refractivity contribution in [3.05, 3.63) is 29.8 Å². The van der Waals surface area contributed by atoms with Crippen molar-refractivity contribution >= 4 is 17.6 Å². The van der Waals surface area contributed by atoms with Crippen LogP contribution >= 0.6 is 0 Å². The first-order valence-corrected chi connectivity index (χ1v) is 4.92. The Morgan fingerprint density at radius 1 is 1.53 bits per heavy atom. The van der Waals surface area contributed by atoms with Crippen LogP contribution < -0.4 is 11.1 Å². The number of nitrogens with one attached hydrogen (secondary N) is 1. The summed E-state index contributed by atoms with van der Waals surface area (Å²) < 4.78 is 4.71. The standard InChI is InChI=1S/C11H14N2O4/c1-17-6-9(11(15)16)13-10(14)7-3-2-4-8(12)5-7/h2-5,9H,6,12H2,1H3,(H,13,14)(H,15,16). The predicted octanol–water partition coefficient (Wildman–Crippen LogP) is 0.0982. The molecule has 0 aliphatic carbocycles. The minimum atomic E-state index is -1.15. The molecule has 0 heterocycles. The summed E-state index contributed by atoms with van der Waals surface area (Å²) in [4.78, 5) is 22.5. The summed E-state index contributed by atoms with van der Waals surface area (Å²) in [6.07, 6.45) is 0. The Bertz CT molecular complexity index is 420. The van der Waals surface area contributed by atoms with E-state index in [0.717, 1.165) is 0 Å². The molecule has 0 radical (unpaired) electrons. The molecule has 92 valence electrons. The molecule has 1 unspecified atom stereocenters. The number of carbonyl (C=O) groups excluding carboxylic acids is 1. The number of benzene rings is 1. The Labute approximate surface area is 98.4 Å². The van der Waals surface area contributed by atoms with Gasteiger partial charge >= 0.3 is 5.97 Å². The van der Waals surface area contributed by atoms with Gasteiger partial charge in [0.1, 0.15) is 0 Å². The van der Waals surface area contributed by atoms with Crippen LogP contribution in [0.4, 0.5) is 5.69 Å². The van der Waals surface area contributed by atoms with E-state index < -0.39 is 17.9 Å². The molecule has 17 heavy (non-hydrogen) atoms. The normalized spacial score (nSPS) is 11.8. The quantitative estimate of drug-likeness (QED) is 0.631. The van der Waals surface area contributed by atoms with Crippen LogP contribution in [0, 0.1) is 0 Å². The van der Waals surface area contributed by atoms with Crippen LogP contribution in [0.25, 0.3) is 0 Å². The predicted molar refractivity (Wildman–Crippen MR) is 61.6 cm³/mol. The summed E-state index contributed by atoms with van der Waals surface area (Å²) in [6, 6.07) is 5.21. The van der Waals surface area contributed by atoms with E-state index in [2.05, 4.69) is 5.32 Å². The number of carboxylic acids is 1. The molecule has 1 aromatic carbocycles. The third-order valence-electron chi connectivity index (χ3n) is 2.09. The van der Waals surface area contributed by atoms with E-state index in [1.54, 1.807) is 18.2 Å². The summed E-state index contributed by atoms with van der Waals surface area (Å²) in [5.74, 6) is -1.65. The van der Waals surface area contributed by atoms with Crippen LogP contribution in [0.15, 0.2) is 24.3 Å². The number of amides is 1. The molecule has 0 aliphatic heterocycles. The largest absolute Gasteiger partial charge is 0.480 e. The van der Waals surface area contributed by atoms with Gasteiger partial charge in [0.25, 0.3) is 5.91 Å². The number of nitrogens with two attached hydrogens (primary N) is 1. The van der Waals surface area contributed by atoms with Gasteiger partial charge < -0.3 is 20.9 Å². The summed E-state index contributed by atoms with van der Waals surface area (Å²) in [7, 11) is 1.36. The zero-order valence-corrected chi connectivity index (χ0v) is 9.34. The van der Waals surface area contributed by atoms with Crippen molar-refractivity contribution in [2.24, 2.45) is 0 Å². The molecular weight excluding hydrogens is 224 g/mol. The molecule has 0 aromatic heterocycles. The van der Waals surface area contributed by atoms with Crippen molar-refractivity contribution in [2.45, 2.75) is 6.04 Å². The SMILES string of the molecule is COCC(NC(=O)c1cccc(N)c1)C(=O)O. The Balaban J connectivity index is 2.73. The number of ether oxygens (including phenoxy) is 1. The number of nitrogen functional groups attached to an aromatic ring is 1. The molecule has 4 N–H and O–H groups in total. The van der Waals surface area contributed by atoms with Crippen molar-refractivity contribution in [2.75, 3.05) is 19.5 Å². The number of aliphatic carboxylic acids is 1. The topological polar surface area (TPSA) is 102 Å². The van der Waals surface area contributed by atoms with Gasteiger partial charge in [-0.25, -0.2) is 4.79 Å². The van der Waals surface area contributed by atoms with E-state index in [0.29, 0.717) is 11.3 Å². The highest BCUT2D eigenvalue weighted by Gasteiger charge is 2.20. The third-order valence-corrected chi connectivity index (χ3v) is 2.09. The van der Waals surface area contributed by atoms with Crippen LogP contribution in [0.1, 0.15) is 10.4 Å². The molecule has 6 heteroatoms. The van der Waals surface area contributed by atoms with Crippen LogP contribution in [0.3, 0.4) is 0 Å². The second-order valence-corrected chi connectivity index (χ2v) is 3.45. The van der Waals surface area contributed by atoms with E-state index in [-0.39, 0.29) is 6.61 Å². The van der Waals surface area contributed by atoms with Gasteiger partial charge in [0.2, 0.25) is 0 Å². The van der Waals surface area contributed by atoms with Crippen molar-refractivity contribution in [3.8, 4) is 0 Å². The second kappa shape index (κ2) is 5.86. The minimum absolute atomic E-state index is 0.0939. The highest BCUT2D eigenvalue weighted by molar-refractivity contribution is 5.97. The summed E-state index contributed by atoms with van der Waals surface area (Å²) >= 11 is 0. The second-order valence-electron chi connectivity index (χ2n) is 3.45. The average Bonchev–Trinajstić information content (AvgIpc) is 2.28. The van der Waals surface area contributed by atoms with Crippen molar-refractivity contribution < 1.29 is 19.4 Å². The van der Waals surface area contributed by atoms with Gasteiger partial charge in [0.05, 0.1) is 6.61 Å². The Morgan fingerprint density at radius 2 is 2.24 bits per heavy atom. The Hall–Kier alpha value is -2.08. The molecule has 1 aromatic rings. The number of hydrogen-bond donors (Lipinski definition) is 3. The molecule has 0 saturated carbocycles. The summed E-state index contributed by atoms with van der Waals surface area (Å²) in [5, 5.41) is 11.2. The number of rotatable bonds is 5. The maximum Gasteiger partial charge on any atom is 0.328 e. The lowest BCUT2D eigenvalue weighted by Crippen LogP contribution is -2.43. The highest BCUT2D eigenvalue weighted by atomic mass is 16.5. The van der Waals surface area contributed by atoms with E-state index in [1.165, 1.54) is 13.2 Å². The van der Waals surface area contributed by atoms with E-state index in [9.17, 15) is 9.59 Å². The molecule has 1 rings (SSSR count). The first-order valence-electron chi connectivity index (χ1n) is 4.92. The van der Waals surface area contributed by atoms with Gasteiger partial charge in [-0.05, 0) is 18.2 Å². The number of carbonyl (C=O) groups is 2. The molecule has 0 saturated heterocycles. The van der Waals surface area contributed by atoms with Gasteiger partial charge in [-0.1, -0.05) is 6.07 Å².